The van der Waals surface area contributed by atoms with E-state index in [1.54, 1.807) is 19.1 Å². The lowest BCUT2D eigenvalue weighted by atomic mass is 10.1. The summed E-state index contributed by atoms with van der Waals surface area (Å²) < 4.78 is 42.7. The minimum absolute atomic E-state index is 0.0580. The van der Waals surface area contributed by atoms with Gasteiger partial charge >= 0.3 is 10.1 Å². The SMILES string of the molecule is Cc1ccc(C)c(OS(=O)(=O)c2ccc(F)c(C)c2)c1. The molecule has 2 rings (SSSR count). The van der Waals surface area contributed by atoms with Crippen LogP contribution >= 0.6 is 0 Å². The highest BCUT2D eigenvalue weighted by molar-refractivity contribution is 7.87. The first-order chi connectivity index (χ1) is 9.29. The molecular formula is C15H15FO3S. The molecule has 0 bridgehead atoms. The first-order valence-electron chi connectivity index (χ1n) is 6.07. The van der Waals surface area contributed by atoms with Crippen molar-refractivity contribution in [3.8, 4) is 5.75 Å². The largest absolute Gasteiger partial charge is 0.379 e. The second kappa shape index (κ2) is 5.25. The van der Waals surface area contributed by atoms with E-state index in [9.17, 15) is 12.8 Å². The van der Waals surface area contributed by atoms with Crippen molar-refractivity contribution in [2.24, 2.45) is 0 Å². The summed E-state index contributed by atoms with van der Waals surface area (Å²) in [4.78, 5) is -0.0580. The summed E-state index contributed by atoms with van der Waals surface area (Å²) >= 11 is 0. The van der Waals surface area contributed by atoms with E-state index >= 15 is 0 Å². The van der Waals surface area contributed by atoms with Crippen LogP contribution in [0.5, 0.6) is 5.75 Å². The maximum absolute atomic E-state index is 13.2. The molecule has 20 heavy (non-hydrogen) atoms. The van der Waals surface area contributed by atoms with Crippen molar-refractivity contribution >= 4 is 10.1 Å². The molecule has 0 aromatic heterocycles. The molecule has 3 nitrogen and oxygen atoms in total. The maximum Gasteiger partial charge on any atom is 0.339 e. The van der Waals surface area contributed by atoms with Crippen molar-refractivity contribution in [1.29, 1.82) is 0 Å². The summed E-state index contributed by atoms with van der Waals surface area (Å²) in [5.74, 6) is -0.164. The molecule has 0 amide bonds. The lowest BCUT2D eigenvalue weighted by Crippen LogP contribution is -2.11. The molecule has 0 N–H and O–H groups in total. The molecule has 0 aliphatic heterocycles. The summed E-state index contributed by atoms with van der Waals surface area (Å²) in [5, 5.41) is 0. The summed E-state index contributed by atoms with van der Waals surface area (Å²) in [6.07, 6.45) is 0. The highest BCUT2D eigenvalue weighted by atomic mass is 32.2. The van der Waals surface area contributed by atoms with E-state index in [1.807, 2.05) is 13.0 Å². The Balaban J connectivity index is 2.40. The van der Waals surface area contributed by atoms with Crippen molar-refractivity contribution < 1.29 is 17.0 Å². The van der Waals surface area contributed by atoms with Gasteiger partial charge < -0.3 is 4.18 Å². The Labute approximate surface area is 118 Å². The molecule has 0 heterocycles. The smallest absolute Gasteiger partial charge is 0.339 e. The Morgan fingerprint density at radius 1 is 0.950 bits per heavy atom. The van der Waals surface area contributed by atoms with Crippen LogP contribution in [0.1, 0.15) is 16.7 Å². The second-order valence-corrected chi connectivity index (χ2v) is 6.26. The molecule has 0 spiro atoms. The third kappa shape index (κ3) is 2.99. The van der Waals surface area contributed by atoms with Gasteiger partial charge in [0, 0.05) is 0 Å². The Hall–Kier alpha value is -1.88. The molecule has 0 radical (unpaired) electrons. The molecule has 0 fully saturated rings. The number of benzene rings is 2. The Morgan fingerprint density at radius 2 is 1.65 bits per heavy atom. The topological polar surface area (TPSA) is 43.4 Å². The lowest BCUT2D eigenvalue weighted by molar-refractivity contribution is 0.483. The molecule has 2 aromatic rings. The zero-order valence-electron chi connectivity index (χ0n) is 11.5. The summed E-state index contributed by atoms with van der Waals surface area (Å²) in [5.41, 5.74) is 1.88. The molecule has 0 atom stereocenters. The van der Waals surface area contributed by atoms with Crippen LogP contribution in [0.3, 0.4) is 0 Å². The lowest BCUT2D eigenvalue weighted by Gasteiger charge is -2.10. The summed E-state index contributed by atoms with van der Waals surface area (Å²) in [6.45, 7) is 5.12. The quantitative estimate of drug-likeness (QED) is 0.813. The highest BCUT2D eigenvalue weighted by Crippen LogP contribution is 2.24. The van der Waals surface area contributed by atoms with E-state index in [0.717, 1.165) is 17.2 Å². The molecule has 5 heteroatoms. The normalized spacial score (nSPS) is 11.4. The molecule has 0 aliphatic rings. The standard InChI is InChI=1S/C15H15FO3S/c1-10-4-5-11(2)15(8-10)19-20(17,18)13-6-7-14(16)12(3)9-13/h4-9H,1-3H3. The van der Waals surface area contributed by atoms with Crippen molar-refractivity contribution in [2.75, 3.05) is 0 Å². The fourth-order valence-electron chi connectivity index (χ4n) is 1.74. The van der Waals surface area contributed by atoms with Gasteiger partial charge in [-0.15, -0.1) is 0 Å². The van der Waals surface area contributed by atoms with Crippen LogP contribution < -0.4 is 4.18 Å². The molecule has 0 unspecified atom stereocenters. The molecule has 0 aliphatic carbocycles. The van der Waals surface area contributed by atoms with E-state index in [2.05, 4.69) is 0 Å². The van der Waals surface area contributed by atoms with Gasteiger partial charge in [-0.1, -0.05) is 12.1 Å². The van der Waals surface area contributed by atoms with E-state index in [4.69, 9.17) is 4.18 Å². The zero-order chi connectivity index (χ0) is 14.9. The van der Waals surface area contributed by atoms with Gasteiger partial charge in [0.2, 0.25) is 0 Å². The highest BCUT2D eigenvalue weighted by Gasteiger charge is 2.18. The number of aryl methyl sites for hydroxylation is 3. The Morgan fingerprint density at radius 3 is 2.30 bits per heavy atom. The Bertz CT molecular complexity index is 752. The molecule has 0 saturated carbocycles. The average molecular weight is 294 g/mol. The van der Waals surface area contributed by atoms with Crippen LogP contribution in [-0.4, -0.2) is 8.42 Å². The average Bonchev–Trinajstić information content (AvgIpc) is 2.36. The van der Waals surface area contributed by atoms with Crippen molar-refractivity contribution in [2.45, 2.75) is 25.7 Å². The predicted molar refractivity (Wildman–Crippen MR) is 74.9 cm³/mol. The number of rotatable bonds is 3. The van der Waals surface area contributed by atoms with E-state index < -0.39 is 15.9 Å². The van der Waals surface area contributed by atoms with Gasteiger partial charge in [0.25, 0.3) is 0 Å². The van der Waals surface area contributed by atoms with Gasteiger partial charge in [0.15, 0.2) is 0 Å². The molecular weight excluding hydrogens is 279 g/mol. The van der Waals surface area contributed by atoms with Crippen LogP contribution in [0.25, 0.3) is 0 Å². The van der Waals surface area contributed by atoms with Crippen LogP contribution in [0.2, 0.25) is 0 Å². The van der Waals surface area contributed by atoms with Crippen LogP contribution in [0.15, 0.2) is 41.3 Å². The van der Waals surface area contributed by atoms with E-state index in [1.165, 1.54) is 19.1 Å². The monoisotopic (exact) mass is 294 g/mol. The maximum atomic E-state index is 13.2. The van der Waals surface area contributed by atoms with Crippen molar-refractivity contribution in [1.82, 2.24) is 0 Å². The van der Waals surface area contributed by atoms with E-state index in [0.29, 0.717) is 0 Å². The van der Waals surface area contributed by atoms with Crippen LogP contribution in [0, 0.1) is 26.6 Å². The first-order valence-corrected chi connectivity index (χ1v) is 7.48. The number of hydrogen-bond acceptors (Lipinski definition) is 3. The van der Waals surface area contributed by atoms with Gasteiger partial charge in [-0.3, -0.25) is 0 Å². The van der Waals surface area contributed by atoms with Crippen molar-refractivity contribution in [3.63, 3.8) is 0 Å². The fourth-order valence-corrected chi connectivity index (χ4v) is 2.80. The van der Waals surface area contributed by atoms with Gasteiger partial charge in [0.1, 0.15) is 16.5 Å². The third-order valence-corrected chi connectivity index (χ3v) is 4.19. The third-order valence-electron chi connectivity index (χ3n) is 2.96. The van der Waals surface area contributed by atoms with Gasteiger partial charge in [-0.05, 0) is 61.7 Å². The van der Waals surface area contributed by atoms with Crippen LogP contribution in [-0.2, 0) is 10.1 Å². The van der Waals surface area contributed by atoms with Crippen LogP contribution in [0.4, 0.5) is 4.39 Å². The number of hydrogen-bond donors (Lipinski definition) is 0. The van der Waals surface area contributed by atoms with Crippen molar-refractivity contribution in [3.05, 3.63) is 58.9 Å². The van der Waals surface area contributed by atoms with Gasteiger partial charge in [-0.25, -0.2) is 4.39 Å². The second-order valence-electron chi connectivity index (χ2n) is 4.72. The Kier molecular flexibility index (Phi) is 3.81. The summed E-state index contributed by atoms with van der Waals surface area (Å²) in [7, 11) is -3.96. The predicted octanol–water partition coefficient (Wildman–Crippen LogP) is 3.52. The summed E-state index contributed by atoms with van der Waals surface area (Å²) in [6, 6.07) is 8.89. The minimum Gasteiger partial charge on any atom is -0.379 e. The fraction of sp³-hybridized carbons (Fsp3) is 0.200. The first kappa shape index (κ1) is 14.5. The number of halogens is 1. The molecule has 2 aromatic carbocycles. The van der Waals surface area contributed by atoms with Gasteiger partial charge in [0.05, 0.1) is 0 Å². The van der Waals surface area contributed by atoms with E-state index in [-0.39, 0.29) is 16.2 Å². The molecule has 106 valence electrons. The van der Waals surface area contributed by atoms with Gasteiger partial charge in [-0.2, -0.15) is 8.42 Å². The minimum atomic E-state index is -3.96. The molecule has 0 saturated heterocycles. The zero-order valence-corrected chi connectivity index (χ0v) is 12.3.